The van der Waals surface area contributed by atoms with Crippen LogP contribution >= 0.6 is 0 Å². The van der Waals surface area contributed by atoms with Crippen LogP contribution < -0.4 is 0 Å². The van der Waals surface area contributed by atoms with E-state index in [1.165, 1.54) is 5.56 Å². The zero-order chi connectivity index (χ0) is 13.0. The minimum Gasteiger partial charge on any atom is -0.396 e. The van der Waals surface area contributed by atoms with E-state index in [-0.39, 0.29) is 12.7 Å². The third-order valence-electron chi connectivity index (χ3n) is 3.77. The summed E-state index contributed by atoms with van der Waals surface area (Å²) in [5, 5.41) is 19.2. The molecule has 1 fully saturated rings. The predicted molar refractivity (Wildman–Crippen MR) is 72.4 cm³/mol. The van der Waals surface area contributed by atoms with E-state index in [4.69, 9.17) is 5.11 Å². The van der Waals surface area contributed by atoms with E-state index in [0.29, 0.717) is 5.92 Å². The van der Waals surface area contributed by atoms with Gasteiger partial charge in [-0.2, -0.15) is 0 Å². The zero-order valence-electron chi connectivity index (χ0n) is 11.0. The van der Waals surface area contributed by atoms with E-state index >= 15 is 0 Å². The summed E-state index contributed by atoms with van der Waals surface area (Å²) in [7, 11) is 0. The average molecular weight is 249 g/mol. The van der Waals surface area contributed by atoms with E-state index in [1.54, 1.807) is 0 Å². The Morgan fingerprint density at radius 2 is 2.28 bits per heavy atom. The molecule has 0 amide bonds. The molecule has 2 N–H and O–H groups in total. The molecule has 100 valence electrons. The van der Waals surface area contributed by atoms with Crippen LogP contribution in [0.15, 0.2) is 24.3 Å². The first-order valence-electron chi connectivity index (χ1n) is 6.77. The van der Waals surface area contributed by atoms with Gasteiger partial charge >= 0.3 is 0 Å². The number of aliphatic hydroxyl groups excluding tert-OH is 2. The van der Waals surface area contributed by atoms with E-state index in [1.807, 2.05) is 31.2 Å². The smallest absolute Gasteiger partial charge is 0.0802 e. The summed E-state index contributed by atoms with van der Waals surface area (Å²) in [5.41, 5.74) is 2.20. The van der Waals surface area contributed by atoms with Crippen molar-refractivity contribution in [2.75, 3.05) is 26.2 Å². The Kier molecular flexibility index (Phi) is 4.75. The van der Waals surface area contributed by atoms with Gasteiger partial charge in [-0.15, -0.1) is 0 Å². The van der Waals surface area contributed by atoms with Gasteiger partial charge in [-0.3, -0.25) is 0 Å². The number of likely N-dealkylation sites (tertiary alicyclic amines) is 1. The first-order chi connectivity index (χ1) is 8.69. The van der Waals surface area contributed by atoms with Gasteiger partial charge in [0.1, 0.15) is 0 Å². The number of aryl methyl sites for hydroxylation is 1. The number of hydrogen-bond acceptors (Lipinski definition) is 3. The Morgan fingerprint density at radius 1 is 1.44 bits per heavy atom. The van der Waals surface area contributed by atoms with Crippen LogP contribution in [0.2, 0.25) is 0 Å². The van der Waals surface area contributed by atoms with Crippen LogP contribution in [0, 0.1) is 12.8 Å². The Morgan fingerprint density at radius 3 is 2.94 bits per heavy atom. The second-order valence-electron chi connectivity index (χ2n) is 5.36. The van der Waals surface area contributed by atoms with Gasteiger partial charge in [-0.1, -0.05) is 29.8 Å². The standard InChI is InChI=1S/C15H23NO2/c1-12-3-2-4-14(9-12)15(18)6-8-16-7-5-13(10-16)11-17/h2-4,9,13,15,17-18H,5-8,10-11H2,1H3. The number of hydrogen-bond donors (Lipinski definition) is 2. The molecule has 3 heteroatoms. The largest absolute Gasteiger partial charge is 0.396 e. The quantitative estimate of drug-likeness (QED) is 0.835. The molecule has 0 spiro atoms. The van der Waals surface area contributed by atoms with Crippen molar-refractivity contribution >= 4 is 0 Å². The number of benzene rings is 1. The highest BCUT2D eigenvalue weighted by Gasteiger charge is 2.22. The van der Waals surface area contributed by atoms with Crippen molar-refractivity contribution in [3.8, 4) is 0 Å². The van der Waals surface area contributed by atoms with Gasteiger partial charge in [0, 0.05) is 19.7 Å². The van der Waals surface area contributed by atoms with Crippen molar-refractivity contribution in [3.05, 3.63) is 35.4 Å². The molecule has 1 aromatic carbocycles. The van der Waals surface area contributed by atoms with Crippen molar-refractivity contribution in [2.45, 2.75) is 25.9 Å². The molecule has 1 heterocycles. The van der Waals surface area contributed by atoms with Crippen LogP contribution in [0.1, 0.15) is 30.1 Å². The summed E-state index contributed by atoms with van der Waals surface area (Å²) in [5.74, 6) is 0.432. The fourth-order valence-electron chi connectivity index (χ4n) is 2.61. The average Bonchev–Trinajstić information content (AvgIpc) is 2.84. The molecule has 1 aliphatic heterocycles. The molecule has 2 unspecified atom stereocenters. The molecule has 0 bridgehead atoms. The van der Waals surface area contributed by atoms with E-state index in [9.17, 15) is 5.11 Å². The number of nitrogens with zero attached hydrogens (tertiary/aromatic N) is 1. The third kappa shape index (κ3) is 3.55. The molecule has 1 saturated heterocycles. The van der Waals surface area contributed by atoms with Crippen molar-refractivity contribution < 1.29 is 10.2 Å². The highest BCUT2D eigenvalue weighted by atomic mass is 16.3. The van der Waals surface area contributed by atoms with Gasteiger partial charge in [0.25, 0.3) is 0 Å². The van der Waals surface area contributed by atoms with Gasteiger partial charge in [-0.25, -0.2) is 0 Å². The maximum Gasteiger partial charge on any atom is 0.0802 e. The van der Waals surface area contributed by atoms with E-state index in [2.05, 4.69) is 4.90 Å². The molecule has 0 saturated carbocycles. The number of aliphatic hydroxyl groups is 2. The Labute approximate surface area is 109 Å². The maximum absolute atomic E-state index is 10.2. The predicted octanol–water partition coefficient (Wildman–Crippen LogP) is 1.73. The Hall–Kier alpha value is -0.900. The summed E-state index contributed by atoms with van der Waals surface area (Å²) >= 11 is 0. The van der Waals surface area contributed by atoms with Crippen LogP contribution in [-0.2, 0) is 0 Å². The molecule has 0 radical (unpaired) electrons. The maximum atomic E-state index is 10.2. The second kappa shape index (κ2) is 6.32. The van der Waals surface area contributed by atoms with Crippen LogP contribution in [0.3, 0.4) is 0 Å². The normalized spacial score (nSPS) is 22.3. The van der Waals surface area contributed by atoms with E-state index in [0.717, 1.165) is 38.0 Å². The highest BCUT2D eigenvalue weighted by Crippen LogP contribution is 2.21. The lowest BCUT2D eigenvalue weighted by molar-refractivity contribution is 0.145. The fourth-order valence-corrected chi connectivity index (χ4v) is 2.61. The van der Waals surface area contributed by atoms with Gasteiger partial charge in [-0.05, 0) is 37.8 Å². The Balaban J connectivity index is 1.80. The summed E-state index contributed by atoms with van der Waals surface area (Å²) in [4.78, 5) is 2.33. The highest BCUT2D eigenvalue weighted by molar-refractivity contribution is 5.23. The minimum atomic E-state index is -0.377. The van der Waals surface area contributed by atoms with E-state index < -0.39 is 0 Å². The monoisotopic (exact) mass is 249 g/mol. The van der Waals surface area contributed by atoms with Gasteiger partial charge in [0.15, 0.2) is 0 Å². The summed E-state index contributed by atoms with van der Waals surface area (Å²) in [6.07, 6.45) is 1.47. The van der Waals surface area contributed by atoms with Gasteiger partial charge < -0.3 is 15.1 Å². The van der Waals surface area contributed by atoms with Gasteiger partial charge in [0.05, 0.1) is 6.10 Å². The van der Waals surface area contributed by atoms with Crippen molar-refractivity contribution in [1.29, 1.82) is 0 Å². The SMILES string of the molecule is Cc1cccc(C(O)CCN2CCC(CO)C2)c1. The lowest BCUT2D eigenvalue weighted by Gasteiger charge is -2.18. The lowest BCUT2D eigenvalue weighted by Crippen LogP contribution is -2.24. The fraction of sp³-hybridized carbons (Fsp3) is 0.600. The second-order valence-corrected chi connectivity index (χ2v) is 5.36. The minimum absolute atomic E-state index is 0.289. The first-order valence-corrected chi connectivity index (χ1v) is 6.77. The molecule has 2 rings (SSSR count). The molecular formula is C15H23NO2. The first kappa shape index (κ1) is 13.5. The lowest BCUT2D eigenvalue weighted by atomic mass is 10.0. The molecule has 2 atom stereocenters. The molecule has 0 aromatic heterocycles. The van der Waals surface area contributed by atoms with Crippen molar-refractivity contribution in [3.63, 3.8) is 0 Å². The molecular weight excluding hydrogens is 226 g/mol. The summed E-state index contributed by atoms with van der Waals surface area (Å²) in [6.45, 7) is 5.26. The van der Waals surface area contributed by atoms with Crippen molar-refractivity contribution in [2.24, 2.45) is 5.92 Å². The zero-order valence-corrected chi connectivity index (χ0v) is 11.0. The molecule has 1 aromatic rings. The van der Waals surface area contributed by atoms with Crippen molar-refractivity contribution in [1.82, 2.24) is 4.90 Å². The topological polar surface area (TPSA) is 43.7 Å². The molecule has 18 heavy (non-hydrogen) atoms. The van der Waals surface area contributed by atoms with Crippen LogP contribution in [-0.4, -0.2) is 41.4 Å². The third-order valence-corrected chi connectivity index (χ3v) is 3.77. The molecule has 0 aliphatic carbocycles. The summed E-state index contributed by atoms with van der Waals surface area (Å²) < 4.78 is 0. The van der Waals surface area contributed by atoms with Crippen LogP contribution in [0.5, 0.6) is 0 Å². The van der Waals surface area contributed by atoms with Crippen LogP contribution in [0.25, 0.3) is 0 Å². The molecule has 1 aliphatic rings. The molecule has 3 nitrogen and oxygen atoms in total. The summed E-state index contributed by atoms with van der Waals surface area (Å²) in [6, 6.07) is 8.07. The van der Waals surface area contributed by atoms with Crippen LogP contribution in [0.4, 0.5) is 0 Å². The van der Waals surface area contributed by atoms with Gasteiger partial charge in [0.2, 0.25) is 0 Å². The number of rotatable bonds is 5. The Bertz CT molecular complexity index is 381.